The van der Waals surface area contributed by atoms with Crippen LogP contribution in [0.2, 0.25) is 0 Å². The van der Waals surface area contributed by atoms with E-state index < -0.39 is 0 Å². The smallest absolute Gasteiger partial charge is 0.228 e. The van der Waals surface area contributed by atoms with Crippen molar-refractivity contribution < 1.29 is 9.52 Å². The minimum Gasteiger partial charge on any atom is -0.467 e. The molecule has 1 saturated heterocycles. The zero-order valence-electron chi connectivity index (χ0n) is 13.7. The van der Waals surface area contributed by atoms with Crippen LogP contribution < -0.4 is 4.90 Å². The number of piperidine rings is 1. The van der Waals surface area contributed by atoms with Crippen LogP contribution in [0, 0.1) is 11.8 Å². The van der Waals surface area contributed by atoms with Crippen LogP contribution in [0.1, 0.15) is 26.0 Å². The second-order valence-electron chi connectivity index (χ2n) is 6.37. The SMILES string of the molecule is CC1CC(C)CN(c2nnc(SCCO)n2Cc2ccco2)C1. The van der Waals surface area contributed by atoms with Gasteiger partial charge in [-0.15, -0.1) is 10.2 Å². The number of thioether (sulfide) groups is 1. The average molecular weight is 336 g/mol. The minimum absolute atomic E-state index is 0.130. The highest BCUT2D eigenvalue weighted by molar-refractivity contribution is 7.99. The largest absolute Gasteiger partial charge is 0.467 e. The van der Waals surface area contributed by atoms with Gasteiger partial charge in [0.15, 0.2) is 5.16 Å². The van der Waals surface area contributed by atoms with Gasteiger partial charge in [0.05, 0.1) is 19.4 Å². The lowest BCUT2D eigenvalue weighted by Crippen LogP contribution is -2.40. The van der Waals surface area contributed by atoms with Crippen molar-refractivity contribution >= 4 is 17.7 Å². The monoisotopic (exact) mass is 336 g/mol. The molecule has 2 unspecified atom stereocenters. The maximum Gasteiger partial charge on any atom is 0.228 e. The van der Waals surface area contributed by atoms with Crippen LogP contribution in [0.3, 0.4) is 0 Å². The van der Waals surface area contributed by atoms with Crippen LogP contribution in [0.4, 0.5) is 5.95 Å². The molecule has 126 valence electrons. The van der Waals surface area contributed by atoms with Gasteiger partial charge in [0.2, 0.25) is 5.95 Å². The highest BCUT2D eigenvalue weighted by atomic mass is 32.2. The number of hydrogen-bond donors (Lipinski definition) is 1. The number of aliphatic hydroxyl groups excluding tert-OH is 1. The molecule has 0 aliphatic carbocycles. The number of nitrogens with zero attached hydrogens (tertiary/aromatic N) is 4. The fraction of sp³-hybridized carbons (Fsp3) is 0.625. The van der Waals surface area contributed by atoms with Crippen molar-refractivity contribution in [2.75, 3.05) is 30.3 Å². The van der Waals surface area contributed by atoms with Gasteiger partial charge in [-0.05, 0) is 30.4 Å². The molecule has 2 aromatic rings. The Balaban J connectivity index is 1.87. The Kier molecular flexibility index (Phi) is 5.27. The molecule has 1 N–H and O–H groups in total. The molecule has 3 heterocycles. The van der Waals surface area contributed by atoms with Crippen LogP contribution >= 0.6 is 11.8 Å². The number of aromatic nitrogens is 3. The Morgan fingerprint density at radius 3 is 2.74 bits per heavy atom. The van der Waals surface area contributed by atoms with Gasteiger partial charge in [-0.25, -0.2) is 0 Å². The predicted molar refractivity (Wildman–Crippen MR) is 90.8 cm³/mol. The first-order valence-electron chi connectivity index (χ1n) is 8.11. The normalized spacial score (nSPS) is 21.8. The van der Waals surface area contributed by atoms with Crippen molar-refractivity contribution in [1.29, 1.82) is 0 Å². The third kappa shape index (κ3) is 3.90. The van der Waals surface area contributed by atoms with E-state index in [2.05, 4.69) is 33.5 Å². The van der Waals surface area contributed by atoms with Gasteiger partial charge in [-0.2, -0.15) is 0 Å². The molecule has 0 saturated carbocycles. The molecule has 2 atom stereocenters. The van der Waals surface area contributed by atoms with Crippen LogP contribution in [0.5, 0.6) is 0 Å². The van der Waals surface area contributed by atoms with Crippen molar-refractivity contribution in [1.82, 2.24) is 14.8 Å². The average Bonchev–Trinajstić information content (AvgIpc) is 3.15. The molecular formula is C16H24N4O2S. The van der Waals surface area contributed by atoms with Crippen molar-refractivity contribution in [2.45, 2.75) is 32.0 Å². The summed E-state index contributed by atoms with van der Waals surface area (Å²) >= 11 is 1.53. The van der Waals surface area contributed by atoms with Gasteiger partial charge >= 0.3 is 0 Å². The summed E-state index contributed by atoms with van der Waals surface area (Å²) in [5.41, 5.74) is 0. The zero-order valence-corrected chi connectivity index (χ0v) is 14.5. The van der Waals surface area contributed by atoms with Gasteiger partial charge in [0.1, 0.15) is 5.76 Å². The van der Waals surface area contributed by atoms with Gasteiger partial charge in [0.25, 0.3) is 0 Å². The maximum atomic E-state index is 9.09. The summed E-state index contributed by atoms with van der Waals surface area (Å²) in [6.07, 6.45) is 2.94. The summed E-state index contributed by atoms with van der Waals surface area (Å²) < 4.78 is 7.60. The second-order valence-corrected chi connectivity index (χ2v) is 7.43. The Morgan fingerprint density at radius 1 is 1.30 bits per heavy atom. The van der Waals surface area contributed by atoms with Gasteiger partial charge in [-0.3, -0.25) is 4.57 Å². The van der Waals surface area contributed by atoms with E-state index in [1.807, 2.05) is 12.1 Å². The van der Waals surface area contributed by atoms with Crippen LogP contribution in [0.25, 0.3) is 0 Å². The summed E-state index contributed by atoms with van der Waals surface area (Å²) in [7, 11) is 0. The quantitative estimate of drug-likeness (QED) is 0.818. The van der Waals surface area contributed by atoms with Gasteiger partial charge in [0, 0.05) is 18.8 Å². The minimum atomic E-state index is 0.130. The lowest BCUT2D eigenvalue weighted by molar-refractivity contribution is 0.322. The fourth-order valence-corrected chi connectivity index (χ4v) is 3.96. The van der Waals surface area contributed by atoms with Crippen molar-refractivity contribution in [3.63, 3.8) is 0 Å². The Hall–Kier alpha value is -1.47. The van der Waals surface area contributed by atoms with Crippen LogP contribution in [-0.2, 0) is 6.54 Å². The molecule has 23 heavy (non-hydrogen) atoms. The van der Waals surface area contributed by atoms with Crippen LogP contribution in [0.15, 0.2) is 28.0 Å². The molecule has 1 fully saturated rings. The summed E-state index contributed by atoms with van der Waals surface area (Å²) in [5, 5.41) is 18.7. The van der Waals surface area contributed by atoms with Gasteiger partial charge < -0.3 is 14.4 Å². The van der Waals surface area contributed by atoms with Crippen LogP contribution in [-0.4, -0.2) is 45.3 Å². The molecule has 0 spiro atoms. The Bertz CT molecular complexity index is 604. The number of hydrogen-bond acceptors (Lipinski definition) is 6. The highest BCUT2D eigenvalue weighted by Crippen LogP contribution is 2.28. The first-order chi connectivity index (χ1) is 11.2. The zero-order chi connectivity index (χ0) is 16.2. The first kappa shape index (κ1) is 16.4. The standard InChI is InChI=1S/C16H24N4O2S/c1-12-8-13(2)10-19(9-12)15-17-18-16(23-7-5-21)20(15)11-14-4-3-6-22-14/h3-4,6,12-13,21H,5,7-11H2,1-2H3. The molecule has 0 radical (unpaired) electrons. The van der Waals surface area contributed by atoms with E-state index in [0.29, 0.717) is 24.1 Å². The summed E-state index contributed by atoms with van der Waals surface area (Å²) in [6.45, 7) is 7.33. The fourth-order valence-electron chi connectivity index (χ4n) is 3.28. The van der Waals surface area contributed by atoms with E-state index in [9.17, 15) is 0 Å². The number of furan rings is 1. The molecular weight excluding hydrogens is 312 g/mol. The Labute approximate surface area is 140 Å². The third-order valence-electron chi connectivity index (χ3n) is 4.07. The van der Waals surface area contributed by atoms with Gasteiger partial charge in [-0.1, -0.05) is 25.6 Å². The molecule has 3 rings (SSSR count). The molecule has 7 heteroatoms. The summed E-state index contributed by atoms with van der Waals surface area (Å²) in [5.74, 6) is 3.71. The van der Waals surface area contributed by atoms with Crippen molar-refractivity contribution in [3.8, 4) is 0 Å². The number of aliphatic hydroxyl groups is 1. The van der Waals surface area contributed by atoms with E-state index in [1.165, 1.54) is 18.2 Å². The number of rotatable bonds is 6. The Morgan fingerprint density at radius 2 is 2.09 bits per heavy atom. The summed E-state index contributed by atoms with van der Waals surface area (Å²) in [4.78, 5) is 2.33. The van der Waals surface area contributed by atoms with E-state index in [-0.39, 0.29) is 6.61 Å². The van der Waals surface area contributed by atoms with Crippen molar-refractivity contribution in [2.24, 2.45) is 11.8 Å². The molecule has 6 nitrogen and oxygen atoms in total. The predicted octanol–water partition coefficient (Wildman–Crippen LogP) is 2.49. The second kappa shape index (κ2) is 7.40. The van der Waals surface area contributed by atoms with Crippen molar-refractivity contribution in [3.05, 3.63) is 24.2 Å². The molecule has 0 aromatic carbocycles. The lowest BCUT2D eigenvalue weighted by Gasteiger charge is -2.35. The summed E-state index contributed by atoms with van der Waals surface area (Å²) in [6, 6.07) is 3.86. The molecule has 1 aliphatic heterocycles. The molecule has 1 aliphatic rings. The third-order valence-corrected chi connectivity index (χ3v) is 5.01. The molecule has 0 amide bonds. The molecule has 2 aromatic heterocycles. The van der Waals surface area contributed by atoms with E-state index in [4.69, 9.17) is 9.52 Å². The maximum absolute atomic E-state index is 9.09. The molecule has 0 bridgehead atoms. The number of anilines is 1. The lowest BCUT2D eigenvalue weighted by atomic mass is 9.92. The van der Waals surface area contributed by atoms with E-state index >= 15 is 0 Å². The van der Waals surface area contributed by atoms with E-state index in [1.54, 1.807) is 6.26 Å². The topological polar surface area (TPSA) is 67.3 Å². The highest BCUT2D eigenvalue weighted by Gasteiger charge is 2.26. The van der Waals surface area contributed by atoms with E-state index in [0.717, 1.165) is 30.0 Å². The first-order valence-corrected chi connectivity index (χ1v) is 9.10.